The van der Waals surface area contributed by atoms with Crippen molar-refractivity contribution in [1.82, 2.24) is 0 Å². The molecule has 0 saturated carbocycles. The second kappa shape index (κ2) is 5.27. The monoisotopic (exact) mass is 238 g/mol. The predicted octanol–water partition coefficient (Wildman–Crippen LogP) is 0.153. The lowest BCUT2D eigenvalue weighted by atomic mass is 10.1. The molecule has 1 aromatic rings. The number of methoxy groups -OCH3 is 3. The molecule has 0 aliphatic carbocycles. The normalized spacial score (nSPS) is 14.5. The van der Waals surface area contributed by atoms with Crippen molar-refractivity contribution >= 4 is 0 Å². The summed E-state index contributed by atoms with van der Waals surface area (Å²) in [5, 5.41) is 0. The van der Waals surface area contributed by atoms with Gasteiger partial charge < -0.3 is 19.1 Å². The lowest BCUT2D eigenvalue weighted by Gasteiger charge is -2.13. The highest BCUT2D eigenvalue weighted by Gasteiger charge is 2.22. The summed E-state index contributed by atoms with van der Waals surface area (Å²) in [6.07, 6.45) is 1.05. The van der Waals surface area contributed by atoms with Crippen molar-refractivity contribution in [2.45, 2.75) is 6.42 Å². The number of quaternary nitrogens is 1. The van der Waals surface area contributed by atoms with Gasteiger partial charge >= 0.3 is 0 Å². The fraction of sp³-hybridized carbons (Fsp3) is 0.538. The number of benzene rings is 1. The zero-order valence-electron chi connectivity index (χ0n) is 10.7. The summed E-state index contributed by atoms with van der Waals surface area (Å²) in [5.41, 5.74) is 1.24. The van der Waals surface area contributed by atoms with Crippen LogP contribution in [0.15, 0.2) is 12.1 Å². The molecule has 1 aliphatic rings. The summed E-state index contributed by atoms with van der Waals surface area (Å²) >= 11 is 0. The molecule has 0 unspecified atom stereocenters. The number of hydrogen-bond donors (Lipinski definition) is 1. The van der Waals surface area contributed by atoms with E-state index in [0.29, 0.717) is 5.75 Å². The van der Waals surface area contributed by atoms with Crippen molar-refractivity contribution in [3.8, 4) is 17.2 Å². The Hall–Kier alpha value is -1.42. The predicted molar refractivity (Wildman–Crippen MR) is 65.4 cm³/mol. The maximum absolute atomic E-state index is 5.33. The van der Waals surface area contributed by atoms with E-state index in [1.54, 1.807) is 26.2 Å². The lowest BCUT2D eigenvalue weighted by Crippen LogP contribution is -2.92. The number of rotatable bonds is 6. The average molecular weight is 238 g/mol. The van der Waals surface area contributed by atoms with Crippen LogP contribution in [0.25, 0.3) is 0 Å². The van der Waals surface area contributed by atoms with Gasteiger partial charge in [-0.15, -0.1) is 0 Å². The van der Waals surface area contributed by atoms with Gasteiger partial charge in [0.2, 0.25) is 5.75 Å². The lowest BCUT2D eigenvalue weighted by molar-refractivity contribution is -0.758. The number of hydrogen-bond acceptors (Lipinski definition) is 3. The van der Waals surface area contributed by atoms with Crippen molar-refractivity contribution in [1.29, 1.82) is 0 Å². The van der Waals surface area contributed by atoms with Gasteiger partial charge in [-0.3, -0.25) is 0 Å². The smallest absolute Gasteiger partial charge is 0.203 e. The maximum Gasteiger partial charge on any atom is 0.203 e. The van der Waals surface area contributed by atoms with E-state index in [1.807, 2.05) is 12.1 Å². The summed E-state index contributed by atoms with van der Waals surface area (Å²) in [5.74, 6) is 2.14. The first-order valence-electron chi connectivity index (χ1n) is 5.91. The van der Waals surface area contributed by atoms with Crippen LogP contribution in [0.1, 0.15) is 5.56 Å². The molecule has 1 aliphatic heterocycles. The summed E-state index contributed by atoms with van der Waals surface area (Å²) in [4.78, 5) is 1.67. The third kappa shape index (κ3) is 2.82. The minimum absolute atomic E-state index is 0.665. The molecule has 4 heteroatoms. The molecule has 0 bridgehead atoms. The zero-order chi connectivity index (χ0) is 12.3. The minimum atomic E-state index is 0.665. The van der Waals surface area contributed by atoms with Crippen LogP contribution in [0, 0.1) is 0 Å². The second-order valence-corrected chi connectivity index (χ2v) is 4.28. The highest BCUT2D eigenvalue weighted by molar-refractivity contribution is 5.53. The summed E-state index contributed by atoms with van der Waals surface area (Å²) in [6, 6.07) is 4.06. The molecule has 1 N–H and O–H groups in total. The summed E-state index contributed by atoms with van der Waals surface area (Å²) < 4.78 is 16.0. The van der Waals surface area contributed by atoms with E-state index in [1.165, 1.54) is 25.2 Å². The highest BCUT2D eigenvalue weighted by atomic mass is 16.5. The van der Waals surface area contributed by atoms with E-state index in [4.69, 9.17) is 14.2 Å². The van der Waals surface area contributed by atoms with Crippen LogP contribution in [-0.2, 0) is 6.42 Å². The van der Waals surface area contributed by atoms with Crippen molar-refractivity contribution in [3.63, 3.8) is 0 Å². The van der Waals surface area contributed by atoms with Gasteiger partial charge in [-0.2, -0.15) is 0 Å². The Labute approximate surface area is 102 Å². The SMILES string of the molecule is COc1cc(CC[NH+]2CC2)cc(OC)c1OC. The molecule has 1 saturated heterocycles. The maximum atomic E-state index is 5.33. The molecule has 2 rings (SSSR count). The molecule has 0 aromatic heterocycles. The Morgan fingerprint density at radius 3 is 2.00 bits per heavy atom. The van der Waals surface area contributed by atoms with Gasteiger partial charge in [0, 0.05) is 6.42 Å². The third-order valence-corrected chi connectivity index (χ3v) is 3.10. The van der Waals surface area contributed by atoms with Gasteiger partial charge in [-0.05, 0) is 17.7 Å². The van der Waals surface area contributed by atoms with Gasteiger partial charge in [0.1, 0.15) is 13.1 Å². The van der Waals surface area contributed by atoms with Gasteiger partial charge in [-0.25, -0.2) is 0 Å². The molecular weight excluding hydrogens is 218 g/mol. The molecule has 0 spiro atoms. The first-order valence-corrected chi connectivity index (χ1v) is 5.91. The second-order valence-electron chi connectivity index (χ2n) is 4.28. The van der Waals surface area contributed by atoms with Crippen molar-refractivity contribution in [3.05, 3.63) is 17.7 Å². The van der Waals surface area contributed by atoms with E-state index >= 15 is 0 Å². The molecule has 1 fully saturated rings. The number of ether oxygens (including phenoxy) is 3. The van der Waals surface area contributed by atoms with Crippen LogP contribution in [0.4, 0.5) is 0 Å². The Morgan fingerprint density at radius 1 is 1.00 bits per heavy atom. The van der Waals surface area contributed by atoms with Gasteiger partial charge in [0.05, 0.1) is 27.9 Å². The Balaban J connectivity index is 2.19. The molecular formula is C13H20NO3+. The average Bonchev–Trinajstić information content (AvgIpc) is 3.18. The van der Waals surface area contributed by atoms with E-state index < -0.39 is 0 Å². The Bertz CT molecular complexity index is 363. The molecule has 0 amide bonds. The van der Waals surface area contributed by atoms with E-state index in [2.05, 4.69) is 0 Å². The molecule has 0 radical (unpaired) electrons. The number of nitrogens with one attached hydrogen (secondary N) is 1. The van der Waals surface area contributed by atoms with Crippen molar-refractivity contribution in [2.24, 2.45) is 0 Å². The topological polar surface area (TPSA) is 32.1 Å². The van der Waals surface area contributed by atoms with Crippen LogP contribution in [0.2, 0.25) is 0 Å². The fourth-order valence-electron chi connectivity index (χ4n) is 1.94. The Kier molecular flexibility index (Phi) is 3.74. The molecule has 94 valence electrons. The van der Waals surface area contributed by atoms with Crippen LogP contribution in [-0.4, -0.2) is 41.0 Å². The Morgan fingerprint density at radius 2 is 1.59 bits per heavy atom. The highest BCUT2D eigenvalue weighted by Crippen LogP contribution is 2.38. The van der Waals surface area contributed by atoms with Crippen molar-refractivity contribution < 1.29 is 19.1 Å². The van der Waals surface area contributed by atoms with Gasteiger partial charge in [-0.1, -0.05) is 0 Å². The molecule has 1 aromatic carbocycles. The van der Waals surface area contributed by atoms with Crippen LogP contribution in [0.3, 0.4) is 0 Å². The fourth-order valence-corrected chi connectivity index (χ4v) is 1.94. The molecule has 1 heterocycles. The van der Waals surface area contributed by atoms with E-state index in [-0.39, 0.29) is 0 Å². The largest absolute Gasteiger partial charge is 0.493 e. The van der Waals surface area contributed by atoms with Crippen molar-refractivity contribution in [2.75, 3.05) is 41.0 Å². The van der Waals surface area contributed by atoms with Crippen LogP contribution in [0.5, 0.6) is 17.2 Å². The van der Waals surface area contributed by atoms with Gasteiger partial charge in [0.25, 0.3) is 0 Å². The minimum Gasteiger partial charge on any atom is -0.493 e. The molecule has 4 nitrogen and oxygen atoms in total. The summed E-state index contributed by atoms with van der Waals surface area (Å²) in [7, 11) is 4.92. The third-order valence-electron chi connectivity index (χ3n) is 3.10. The first kappa shape index (κ1) is 12.0. The molecule has 17 heavy (non-hydrogen) atoms. The van der Waals surface area contributed by atoms with Gasteiger partial charge in [0.15, 0.2) is 11.5 Å². The quantitative estimate of drug-likeness (QED) is 0.716. The molecule has 0 atom stereocenters. The van der Waals surface area contributed by atoms with E-state index in [9.17, 15) is 0 Å². The first-order chi connectivity index (χ1) is 8.28. The summed E-state index contributed by atoms with van der Waals surface area (Å²) in [6.45, 7) is 3.80. The van der Waals surface area contributed by atoms with E-state index in [0.717, 1.165) is 17.9 Å². The van der Waals surface area contributed by atoms with Crippen LogP contribution >= 0.6 is 0 Å². The van der Waals surface area contributed by atoms with Crippen LogP contribution < -0.4 is 19.1 Å². The standard InChI is InChI=1S/C13H19NO3/c1-15-11-8-10(4-5-14-6-7-14)9-12(16-2)13(11)17-3/h8-9H,4-7H2,1-3H3/p+1. The zero-order valence-corrected chi connectivity index (χ0v) is 10.7.